The number of nitrogens with one attached hydrogen (secondary N) is 4. The maximum absolute atomic E-state index is 14.6. The van der Waals surface area contributed by atoms with Crippen molar-refractivity contribution in [2.75, 3.05) is 11.6 Å². The number of carbonyl (C=O) groups excluding carboxylic acids is 1. The number of sulfonamides is 1. The van der Waals surface area contributed by atoms with Gasteiger partial charge in [-0.05, 0) is 72.0 Å². The van der Waals surface area contributed by atoms with E-state index in [2.05, 4.69) is 35.2 Å². The van der Waals surface area contributed by atoms with Crippen molar-refractivity contribution in [2.45, 2.75) is 25.8 Å². The molecule has 0 aliphatic heterocycles. The molecule has 1 aliphatic carbocycles. The minimum absolute atomic E-state index is 0.0151. The molecule has 10 nitrogen and oxygen atoms in total. The van der Waals surface area contributed by atoms with E-state index in [4.69, 9.17) is 0 Å². The first-order valence-electron chi connectivity index (χ1n) is 14.2. The molecule has 1 saturated carbocycles. The van der Waals surface area contributed by atoms with Gasteiger partial charge in [0.05, 0.1) is 29.5 Å². The molecule has 4 aromatic heterocycles. The van der Waals surface area contributed by atoms with Crippen molar-refractivity contribution >= 4 is 43.6 Å². The molecule has 1 aliphatic rings. The Hall–Kier alpha value is -4.94. The van der Waals surface area contributed by atoms with Crippen LogP contribution in [-0.4, -0.2) is 45.7 Å². The molecule has 4 heterocycles. The highest BCUT2D eigenvalue weighted by molar-refractivity contribution is 7.88. The van der Waals surface area contributed by atoms with Crippen molar-refractivity contribution in [3.8, 4) is 33.6 Å². The first-order valence-corrected chi connectivity index (χ1v) is 16.1. The maximum atomic E-state index is 14.6. The molecule has 1 amide bonds. The number of amides is 1. The van der Waals surface area contributed by atoms with Gasteiger partial charge in [0.15, 0.2) is 5.65 Å². The summed E-state index contributed by atoms with van der Waals surface area (Å²) in [6.07, 6.45) is 9.09. The molecule has 0 atom stereocenters. The number of pyridine rings is 2. The summed E-state index contributed by atoms with van der Waals surface area (Å²) in [6, 6.07) is 16.1. The highest BCUT2D eigenvalue weighted by atomic mass is 32.2. The Morgan fingerprint density at radius 3 is 2.64 bits per heavy atom. The van der Waals surface area contributed by atoms with Gasteiger partial charge >= 0.3 is 0 Å². The lowest BCUT2D eigenvalue weighted by molar-refractivity contribution is -0.122. The molecular formula is C32H28FN7O3S. The Balaban J connectivity index is 1.23. The summed E-state index contributed by atoms with van der Waals surface area (Å²) in [7, 11) is -3.43. The first-order chi connectivity index (χ1) is 21.2. The van der Waals surface area contributed by atoms with Crippen molar-refractivity contribution in [3.63, 3.8) is 0 Å². The molecule has 1 fully saturated rings. The van der Waals surface area contributed by atoms with Gasteiger partial charge in [-0.15, -0.1) is 0 Å². The molecule has 0 spiro atoms. The maximum Gasteiger partial charge on any atom is 0.227 e. The fraction of sp³-hybridized carbons (Fsp3) is 0.188. The summed E-state index contributed by atoms with van der Waals surface area (Å²) in [5.74, 6) is -0.360. The minimum atomic E-state index is -3.43. The average Bonchev–Trinajstić information content (AvgIpc) is 3.58. The van der Waals surface area contributed by atoms with Gasteiger partial charge in [0.25, 0.3) is 0 Å². The van der Waals surface area contributed by atoms with Crippen LogP contribution in [0.2, 0.25) is 0 Å². The number of anilines is 1. The summed E-state index contributed by atoms with van der Waals surface area (Å²) in [4.78, 5) is 24.8. The Labute approximate surface area is 252 Å². The number of carbonyl (C=O) groups is 1. The predicted molar refractivity (Wildman–Crippen MR) is 167 cm³/mol. The topological polar surface area (TPSA) is 146 Å². The van der Waals surface area contributed by atoms with Crippen LogP contribution in [0.1, 0.15) is 24.8 Å². The number of aromatic amines is 2. The molecular weight excluding hydrogens is 581 g/mol. The lowest BCUT2D eigenvalue weighted by Crippen LogP contribution is -2.28. The van der Waals surface area contributed by atoms with Crippen LogP contribution < -0.4 is 10.0 Å². The second kappa shape index (κ2) is 11.0. The van der Waals surface area contributed by atoms with E-state index in [1.165, 1.54) is 12.1 Å². The molecule has 2 aromatic carbocycles. The Morgan fingerprint density at radius 1 is 1.00 bits per heavy atom. The molecule has 12 heteroatoms. The van der Waals surface area contributed by atoms with Crippen LogP contribution in [0.3, 0.4) is 0 Å². The van der Waals surface area contributed by atoms with Gasteiger partial charge in [-0.3, -0.25) is 14.9 Å². The largest absolute Gasteiger partial charge is 0.353 e. The number of halogens is 1. The standard InChI is InChI=1S/C32H28FN7O3S/c1-44(42,43)36-14-18-8-20(10-23(33)9-18)25-6-3-7-28-26(25)13-29(38-28)30-27-12-22(16-35-31(27)40-39-30)21-11-24(17-34-15-21)37-32(41)19-4-2-5-19/h3,6-13,15-17,19,36,38H,2,4-5,14H2,1H3,(H,37,41)(H,35,39,40). The van der Waals surface area contributed by atoms with Gasteiger partial charge in [-0.25, -0.2) is 22.5 Å². The van der Waals surface area contributed by atoms with Gasteiger partial charge < -0.3 is 10.3 Å². The normalized spacial score (nSPS) is 13.8. The summed E-state index contributed by atoms with van der Waals surface area (Å²) < 4.78 is 40.2. The summed E-state index contributed by atoms with van der Waals surface area (Å²) in [6.45, 7) is -0.0151. The lowest BCUT2D eigenvalue weighted by Gasteiger charge is -2.24. The molecule has 0 bridgehead atoms. The number of hydrogen-bond donors (Lipinski definition) is 4. The number of rotatable bonds is 8. The minimum Gasteiger partial charge on any atom is -0.353 e. The van der Waals surface area contributed by atoms with Crippen LogP contribution in [0.15, 0.2) is 73.2 Å². The Kier molecular flexibility index (Phi) is 6.94. The number of H-pyrrole nitrogens is 2. The van der Waals surface area contributed by atoms with E-state index in [9.17, 15) is 17.6 Å². The van der Waals surface area contributed by atoms with Crippen molar-refractivity contribution in [1.82, 2.24) is 29.9 Å². The van der Waals surface area contributed by atoms with E-state index < -0.39 is 15.8 Å². The third-order valence-electron chi connectivity index (χ3n) is 7.97. The number of benzene rings is 2. The van der Waals surface area contributed by atoms with Gasteiger partial charge in [0, 0.05) is 52.3 Å². The smallest absolute Gasteiger partial charge is 0.227 e. The molecule has 6 aromatic rings. The van der Waals surface area contributed by atoms with E-state index in [0.717, 1.165) is 69.9 Å². The predicted octanol–water partition coefficient (Wildman–Crippen LogP) is 5.76. The van der Waals surface area contributed by atoms with E-state index in [-0.39, 0.29) is 18.4 Å². The molecule has 4 N–H and O–H groups in total. The van der Waals surface area contributed by atoms with Crippen molar-refractivity contribution in [3.05, 3.63) is 84.6 Å². The van der Waals surface area contributed by atoms with Crippen LogP contribution in [0.4, 0.5) is 10.1 Å². The molecule has 0 saturated heterocycles. The zero-order valence-electron chi connectivity index (χ0n) is 23.7. The third kappa shape index (κ3) is 5.56. The Bertz CT molecular complexity index is 2170. The van der Waals surface area contributed by atoms with E-state index in [1.807, 2.05) is 36.4 Å². The number of fused-ring (bicyclic) bond motifs is 2. The van der Waals surface area contributed by atoms with Crippen LogP contribution in [-0.2, 0) is 21.4 Å². The highest BCUT2D eigenvalue weighted by Crippen LogP contribution is 2.36. The monoisotopic (exact) mass is 609 g/mol. The van der Waals surface area contributed by atoms with Gasteiger partial charge in [-0.2, -0.15) is 5.10 Å². The number of hydrogen-bond acceptors (Lipinski definition) is 6. The second-order valence-electron chi connectivity index (χ2n) is 11.2. The Morgan fingerprint density at radius 2 is 1.84 bits per heavy atom. The van der Waals surface area contributed by atoms with E-state index >= 15 is 0 Å². The van der Waals surface area contributed by atoms with Crippen LogP contribution in [0, 0.1) is 11.7 Å². The molecule has 0 radical (unpaired) electrons. The average molecular weight is 610 g/mol. The molecule has 222 valence electrons. The van der Waals surface area contributed by atoms with E-state index in [1.54, 1.807) is 24.7 Å². The lowest BCUT2D eigenvalue weighted by atomic mass is 9.85. The van der Waals surface area contributed by atoms with Gasteiger partial charge in [-0.1, -0.05) is 18.6 Å². The number of nitrogens with zero attached hydrogens (tertiary/aromatic N) is 3. The molecule has 0 unspecified atom stereocenters. The first kappa shape index (κ1) is 27.9. The van der Waals surface area contributed by atoms with E-state index in [0.29, 0.717) is 22.5 Å². The SMILES string of the molecule is CS(=O)(=O)NCc1cc(F)cc(-c2cccc3[nH]c(-c4[nH]nc5ncc(-c6cncc(NC(=O)C7CCC7)c6)cc45)cc23)c1. The van der Waals surface area contributed by atoms with Crippen molar-refractivity contribution in [1.29, 1.82) is 0 Å². The second-order valence-corrected chi connectivity index (χ2v) is 13.0. The quantitative estimate of drug-likeness (QED) is 0.173. The summed E-state index contributed by atoms with van der Waals surface area (Å²) in [5.41, 5.74) is 7.08. The third-order valence-corrected chi connectivity index (χ3v) is 8.63. The number of aromatic nitrogens is 5. The molecule has 7 rings (SSSR count). The summed E-state index contributed by atoms with van der Waals surface area (Å²) >= 11 is 0. The van der Waals surface area contributed by atoms with Gasteiger partial charge in [0.2, 0.25) is 15.9 Å². The van der Waals surface area contributed by atoms with Gasteiger partial charge in [0.1, 0.15) is 5.82 Å². The highest BCUT2D eigenvalue weighted by Gasteiger charge is 2.25. The van der Waals surface area contributed by atoms with Crippen molar-refractivity contribution < 1.29 is 17.6 Å². The van der Waals surface area contributed by atoms with Crippen LogP contribution in [0.5, 0.6) is 0 Å². The molecule has 44 heavy (non-hydrogen) atoms. The zero-order valence-corrected chi connectivity index (χ0v) is 24.5. The summed E-state index contributed by atoms with van der Waals surface area (Å²) in [5, 5.41) is 12.1. The van der Waals surface area contributed by atoms with Crippen molar-refractivity contribution in [2.24, 2.45) is 5.92 Å². The fourth-order valence-corrected chi connectivity index (χ4v) is 5.94. The van der Waals surface area contributed by atoms with Crippen LogP contribution >= 0.6 is 0 Å². The zero-order chi connectivity index (χ0) is 30.4. The fourth-order valence-electron chi connectivity index (χ4n) is 5.51. The van der Waals surface area contributed by atoms with Crippen LogP contribution in [0.25, 0.3) is 55.6 Å².